The fourth-order valence-electron chi connectivity index (χ4n) is 1.50. The number of aliphatic hydroxyl groups is 1. The van der Waals surface area contributed by atoms with Crippen LogP contribution in [-0.4, -0.2) is 34.4 Å². The largest absolute Gasteiger partial charge is 0.460 e. The van der Waals surface area contributed by atoms with Crippen LogP contribution in [0.4, 0.5) is 0 Å². The molecule has 0 bridgehead atoms. The number of esters is 2. The highest BCUT2D eigenvalue weighted by Gasteiger charge is 2.19. The molecule has 0 aromatic rings. The Labute approximate surface area is 121 Å². The van der Waals surface area contributed by atoms with Crippen molar-refractivity contribution in [3.05, 3.63) is 0 Å². The molecule has 118 valence electrons. The minimum absolute atomic E-state index is 0.146. The third kappa shape index (κ3) is 12.0. The molecular formula is C15H28O5. The summed E-state index contributed by atoms with van der Waals surface area (Å²) in [5, 5.41) is 9.73. The van der Waals surface area contributed by atoms with E-state index in [-0.39, 0.29) is 37.6 Å². The fraction of sp³-hybridized carbons (Fsp3) is 0.867. The van der Waals surface area contributed by atoms with Crippen LogP contribution >= 0.6 is 0 Å². The first-order chi connectivity index (χ1) is 8.89. The van der Waals surface area contributed by atoms with E-state index in [4.69, 9.17) is 9.47 Å². The Hall–Kier alpha value is -1.10. The maximum Gasteiger partial charge on any atom is 0.306 e. The monoisotopic (exact) mass is 288 g/mol. The lowest BCUT2D eigenvalue weighted by atomic mass is 10.1. The Morgan fingerprint density at radius 2 is 1.15 bits per heavy atom. The molecule has 0 unspecified atom stereocenters. The average Bonchev–Trinajstić information content (AvgIpc) is 2.18. The van der Waals surface area contributed by atoms with Crippen LogP contribution in [0.15, 0.2) is 0 Å². The molecule has 1 N–H and O–H groups in total. The van der Waals surface area contributed by atoms with Crippen molar-refractivity contribution in [2.75, 3.05) is 0 Å². The molecule has 0 heterocycles. The van der Waals surface area contributed by atoms with Crippen molar-refractivity contribution in [3.63, 3.8) is 0 Å². The molecule has 0 aromatic heterocycles. The summed E-state index contributed by atoms with van der Waals surface area (Å²) < 4.78 is 10.3. The quantitative estimate of drug-likeness (QED) is 0.760. The van der Waals surface area contributed by atoms with E-state index in [0.29, 0.717) is 0 Å². The first-order valence-corrected chi connectivity index (χ1v) is 7.01. The van der Waals surface area contributed by atoms with Gasteiger partial charge in [0.25, 0.3) is 0 Å². The molecule has 0 radical (unpaired) electrons. The van der Waals surface area contributed by atoms with Gasteiger partial charge in [-0.3, -0.25) is 9.59 Å². The van der Waals surface area contributed by atoms with Crippen LogP contribution in [0.5, 0.6) is 0 Å². The molecule has 0 aromatic carbocycles. The zero-order valence-corrected chi connectivity index (χ0v) is 13.5. The van der Waals surface area contributed by atoms with E-state index in [1.54, 1.807) is 41.5 Å². The van der Waals surface area contributed by atoms with Gasteiger partial charge in [0.1, 0.15) is 11.2 Å². The van der Waals surface area contributed by atoms with Gasteiger partial charge in [0.15, 0.2) is 0 Å². The van der Waals surface area contributed by atoms with Gasteiger partial charge in [-0.05, 0) is 54.4 Å². The first kappa shape index (κ1) is 18.9. The van der Waals surface area contributed by atoms with Gasteiger partial charge < -0.3 is 14.6 Å². The van der Waals surface area contributed by atoms with Crippen molar-refractivity contribution < 1.29 is 24.2 Å². The van der Waals surface area contributed by atoms with Gasteiger partial charge in [-0.15, -0.1) is 0 Å². The zero-order valence-electron chi connectivity index (χ0n) is 13.5. The highest BCUT2D eigenvalue weighted by atomic mass is 16.6. The third-order valence-corrected chi connectivity index (χ3v) is 2.20. The maximum absolute atomic E-state index is 11.5. The molecule has 0 atom stereocenters. The summed E-state index contributed by atoms with van der Waals surface area (Å²) in [6.07, 6.45) is 0.171. The SMILES string of the molecule is CC(C)(C)OC(=O)CCC(O)CCC(=O)OC(C)(C)C. The Balaban J connectivity index is 3.87. The normalized spacial score (nSPS) is 12.4. The molecule has 0 aliphatic carbocycles. The van der Waals surface area contributed by atoms with E-state index in [1.165, 1.54) is 0 Å². The molecule has 0 fully saturated rings. The maximum atomic E-state index is 11.5. The van der Waals surface area contributed by atoms with Gasteiger partial charge >= 0.3 is 11.9 Å². The van der Waals surface area contributed by atoms with Crippen LogP contribution in [0.3, 0.4) is 0 Å². The van der Waals surface area contributed by atoms with Gasteiger partial charge in [-0.25, -0.2) is 0 Å². The van der Waals surface area contributed by atoms with Gasteiger partial charge in [0.05, 0.1) is 6.10 Å². The lowest BCUT2D eigenvalue weighted by molar-refractivity contribution is -0.155. The average molecular weight is 288 g/mol. The standard InChI is InChI=1S/C15H28O5/c1-14(2,3)19-12(17)9-7-11(16)8-10-13(18)20-15(4,5)6/h11,16H,7-10H2,1-6H3. The third-order valence-electron chi connectivity index (χ3n) is 2.20. The first-order valence-electron chi connectivity index (χ1n) is 7.01. The van der Waals surface area contributed by atoms with Crippen molar-refractivity contribution in [2.45, 2.75) is 84.5 Å². The minimum Gasteiger partial charge on any atom is -0.460 e. The Bertz CT molecular complexity index is 290. The van der Waals surface area contributed by atoms with Crippen molar-refractivity contribution in [1.29, 1.82) is 0 Å². The molecule has 0 spiro atoms. The number of aliphatic hydroxyl groups excluding tert-OH is 1. The van der Waals surface area contributed by atoms with Crippen LogP contribution in [0.1, 0.15) is 67.2 Å². The van der Waals surface area contributed by atoms with Crippen LogP contribution in [0, 0.1) is 0 Å². The van der Waals surface area contributed by atoms with Crippen molar-refractivity contribution >= 4 is 11.9 Å². The molecule has 0 aliphatic rings. The Morgan fingerprint density at radius 1 is 0.850 bits per heavy atom. The van der Waals surface area contributed by atoms with E-state index >= 15 is 0 Å². The summed E-state index contributed by atoms with van der Waals surface area (Å²) in [5.41, 5.74) is -1.03. The number of hydrogen-bond acceptors (Lipinski definition) is 5. The Morgan fingerprint density at radius 3 is 1.40 bits per heavy atom. The van der Waals surface area contributed by atoms with Crippen molar-refractivity contribution in [1.82, 2.24) is 0 Å². The van der Waals surface area contributed by atoms with Gasteiger partial charge in [0, 0.05) is 12.8 Å². The molecular weight excluding hydrogens is 260 g/mol. The molecule has 0 aliphatic heterocycles. The molecule has 0 saturated heterocycles. The van der Waals surface area contributed by atoms with E-state index in [2.05, 4.69) is 0 Å². The van der Waals surface area contributed by atoms with Crippen LogP contribution < -0.4 is 0 Å². The van der Waals surface area contributed by atoms with E-state index in [0.717, 1.165) is 0 Å². The van der Waals surface area contributed by atoms with Crippen molar-refractivity contribution in [2.24, 2.45) is 0 Å². The molecule has 20 heavy (non-hydrogen) atoms. The molecule has 0 rings (SSSR count). The minimum atomic E-state index is -0.699. The van der Waals surface area contributed by atoms with Gasteiger partial charge in [-0.1, -0.05) is 0 Å². The molecule has 0 saturated carbocycles. The fourth-order valence-corrected chi connectivity index (χ4v) is 1.50. The topological polar surface area (TPSA) is 72.8 Å². The van der Waals surface area contributed by atoms with Gasteiger partial charge in [0.2, 0.25) is 0 Å². The highest BCUT2D eigenvalue weighted by Crippen LogP contribution is 2.13. The summed E-state index contributed by atoms with van der Waals surface area (Å²) in [4.78, 5) is 22.9. The smallest absolute Gasteiger partial charge is 0.306 e. The summed E-state index contributed by atoms with van der Waals surface area (Å²) in [6, 6.07) is 0. The highest BCUT2D eigenvalue weighted by molar-refractivity contribution is 5.70. The van der Waals surface area contributed by atoms with E-state index < -0.39 is 17.3 Å². The lowest BCUT2D eigenvalue weighted by Crippen LogP contribution is -2.25. The lowest BCUT2D eigenvalue weighted by Gasteiger charge is -2.21. The van der Waals surface area contributed by atoms with Crippen LogP contribution in [-0.2, 0) is 19.1 Å². The number of ether oxygens (including phenoxy) is 2. The number of carbonyl (C=O) groups excluding carboxylic acids is 2. The molecule has 0 amide bonds. The summed E-state index contributed by atoms with van der Waals surface area (Å²) in [5.74, 6) is -0.678. The second kappa shape index (κ2) is 7.62. The van der Waals surface area contributed by atoms with Crippen LogP contribution in [0.25, 0.3) is 0 Å². The number of hydrogen-bond donors (Lipinski definition) is 1. The number of carbonyl (C=O) groups is 2. The van der Waals surface area contributed by atoms with Crippen LogP contribution in [0.2, 0.25) is 0 Å². The zero-order chi connectivity index (χ0) is 16.0. The van der Waals surface area contributed by atoms with E-state index in [1.807, 2.05) is 0 Å². The van der Waals surface area contributed by atoms with Gasteiger partial charge in [-0.2, -0.15) is 0 Å². The van der Waals surface area contributed by atoms with E-state index in [9.17, 15) is 14.7 Å². The molecule has 5 nitrogen and oxygen atoms in total. The second-order valence-electron chi connectivity index (χ2n) is 6.90. The van der Waals surface area contributed by atoms with Crippen molar-refractivity contribution in [3.8, 4) is 0 Å². The predicted octanol–water partition coefficient (Wildman–Crippen LogP) is 2.59. The Kier molecular flexibility index (Phi) is 7.20. The summed E-state index contributed by atoms with van der Waals surface area (Å²) >= 11 is 0. The summed E-state index contributed by atoms with van der Waals surface area (Å²) in [7, 11) is 0. The predicted molar refractivity (Wildman–Crippen MR) is 76.2 cm³/mol. The number of rotatable bonds is 6. The summed E-state index contributed by atoms with van der Waals surface area (Å²) in [6.45, 7) is 10.8. The molecule has 5 heteroatoms. The second-order valence-corrected chi connectivity index (χ2v) is 6.90.